The fourth-order valence-corrected chi connectivity index (χ4v) is 12.6. The molecule has 0 aliphatic heterocycles. The van der Waals surface area contributed by atoms with Gasteiger partial charge in [-0.25, -0.2) is 0 Å². The fraction of sp³-hybridized carbons (Fsp3) is 0.805. The van der Waals surface area contributed by atoms with Gasteiger partial charge in [-0.05, 0) is 61.1 Å². The molecular formula is C82H143N3O4. The molecule has 2 aromatic rings. The lowest BCUT2D eigenvalue weighted by Crippen LogP contribution is -2.22. The highest BCUT2D eigenvalue weighted by molar-refractivity contribution is 5.41. The van der Waals surface area contributed by atoms with Crippen LogP contribution in [0.3, 0.4) is 0 Å². The predicted molar refractivity (Wildman–Crippen MR) is 385 cm³/mol. The molecule has 0 aliphatic rings. The van der Waals surface area contributed by atoms with Crippen molar-refractivity contribution in [3.05, 3.63) is 59.3 Å². The molecule has 0 aliphatic carbocycles. The summed E-state index contributed by atoms with van der Waals surface area (Å²) in [6.45, 7) is 12.6. The zero-order valence-corrected chi connectivity index (χ0v) is 59.4. The maximum Gasteiger partial charge on any atom is 0.127 e. The quantitative estimate of drug-likeness (QED) is 0.0482. The third-order valence-electron chi connectivity index (χ3n) is 18.3. The van der Waals surface area contributed by atoms with Crippen LogP contribution in [0.15, 0.2) is 48.2 Å². The number of ether oxygens (including phenoxy) is 4. The second kappa shape index (κ2) is 64.3. The summed E-state index contributed by atoms with van der Waals surface area (Å²) < 4.78 is 26.1. The standard InChI is InChI=1S/C82H143N3O4/c1-5-9-13-17-21-25-29-33-37-41-45-49-53-57-63-86-79-67-76(68-80(71-79)87-64-58-54-50-46-42-38-34-30-26-22-18-14-10-6-2)74-85(78(73-84)61-62-83)75-77-69-81(88-65-59-55-51-47-43-39-35-31-27-23-19-15-11-7-3)72-82(70-77)89-66-60-56-52-48-44-40-36-32-28-24-20-16-12-8-4/h61,67-72H,5-60,63-66,74-75H2,1-4H3/b78-61+. The first-order valence-electron chi connectivity index (χ1n) is 39.1. The molecule has 0 unspecified atom stereocenters. The minimum atomic E-state index is 0.324. The Morgan fingerprint density at radius 1 is 0.281 bits per heavy atom. The van der Waals surface area contributed by atoms with Crippen LogP contribution in [-0.2, 0) is 13.1 Å². The summed E-state index contributed by atoms with van der Waals surface area (Å²) in [6.07, 6.45) is 75.7. The van der Waals surface area contributed by atoms with Crippen molar-refractivity contribution >= 4 is 0 Å². The Kier molecular flexibility index (Phi) is 58.7. The first-order chi connectivity index (χ1) is 44.1. The van der Waals surface area contributed by atoms with E-state index in [0.717, 1.165) is 59.8 Å². The van der Waals surface area contributed by atoms with E-state index in [1.165, 1.54) is 340 Å². The summed E-state index contributed by atoms with van der Waals surface area (Å²) >= 11 is 0. The van der Waals surface area contributed by atoms with Crippen LogP contribution in [0.4, 0.5) is 0 Å². The average molecular weight is 1240 g/mol. The van der Waals surface area contributed by atoms with E-state index < -0.39 is 0 Å². The highest BCUT2D eigenvalue weighted by atomic mass is 16.5. The smallest absolute Gasteiger partial charge is 0.127 e. The first-order valence-corrected chi connectivity index (χ1v) is 39.1. The van der Waals surface area contributed by atoms with Crippen molar-refractivity contribution < 1.29 is 18.9 Å². The number of nitrogens with zero attached hydrogens (tertiary/aromatic N) is 3. The highest BCUT2D eigenvalue weighted by Gasteiger charge is 2.16. The van der Waals surface area contributed by atoms with Gasteiger partial charge in [0.05, 0.1) is 38.6 Å². The van der Waals surface area contributed by atoms with Crippen LogP contribution < -0.4 is 18.9 Å². The molecule has 0 saturated heterocycles. The van der Waals surface area contributed by atoms with Gasteiger partial charge in [-0.15, -0.1) is 0 Å². The molecule has 510 valence electrons. The van der Waals surface area contributed by atoms with Crippen molar-refractivity contribution in [3.63, 3.8) is 0 Å². The minimum Gasteiger partial charge on any atom is -0.493 e. The molecular weight excluding hydrogens is 1090 g/mol. The number of rotatable bonds is 69. The lowest BCUT2D eigenvalue weighted by atomic mass is 10.0. The number of unbranched alkanes of at least 4 members (excludes halogenated alkanes) is 52. The van der Waals surface area contributed by atoms with Gasteiger partial charge in [0.2, 0.25) is 0 Å². The van der Waals surface area contributed by atoms with Gasteiger partial charge in [0.25, 0.3) is 0 Å². The second-order valence-electron chi connectivity index (χ2n) is 27.0. The Labute approximate surface area is 552 Å². The lowest BCUT2D eigenvalue weighted by Gasteiger charge is -2.25. The first kappa shape index (κ1) is 81.3. The average Bonchev–Trinajstić information content (AvgIpc) is 3.26. The van der Waals surface area contributed by atoms with E-state index in [1.807, 2.05) is 4.90 Å². The Balaban J connectivity index is 2.13. The van der Waals surface area contributed by atoms with Crippen molar-refractivity contribution in [2.45, 2.75) is 400 Å². The van der Waals surface area contributed by atoms with Crippen molar-refractivity contribution in [2.75, 3.05) is 26.4 Å². The van der Waals surface area contributed by atoms with Gasteiger partial charge in [0.1, 0.15) is 34.8 Å². The van der Waals surface area contributed by atoms with Gasteiger partial charge in [-0.3, -0.25) is 0 Å². The van der Waals surface area contributed by atoms with Crippen LogP contribution in [0.2, 0.25) is 0 Å². The van der Waals surface area contributed by atoms with E-state index in [0.29, 0.717) is 45.2 Å². The summed E-state index contributed by atoms with van der Waals surface area (Å²) in [5.74, 6) is 3.20. The summed E-state index contributed by atoms with van der Waals surface area (Å²) in [6, 6.07) is 17.1. The minimum absolute atomic E-state index is 0.324. The van der Waals surface area contributed by atoms with Gasteiger partial charge in [-0.1, -0.05) is 362 Å². The molecule has 0 fully saturated rings. The van der Waals surface area contributed by atoms with E-state index in [9.17, 15) is 10.5 Å². The second-order valence-corrected chi connectivity index (χ2v) is 27.0. The summed E-state index contributed by atoms with van der Waals surface area (Å²) in [4.78, 5) is 2.01. The number of allylic oxidation sites excluding steroid dienone is 2. The Bertz CT molecular complexity index is 1730. The molecule has 0 heterocycles. The normalized spacial score (nSPS) is 11.5. The zero-order chi connectivity index (χ0) is 63.7. The predicted octanol–water partition coefficient (Wildman–Crippen LogP) is 27.1. The number of hydrogen-bond acceptors (Lipinski definition) is 7. The molecule has 0 spiro atoms. The van der Waals surface area contributed by atoms with E-state index in [4.69, 9.17) is 18.9 Å². The summed E-state index contributed by atoms with van der Waals surface area (Å²) in [5, 5.41) is 20.6. The van der Waals surface area contributed by atoms with Crippen molar-refractivity contribution in [1.82, 2.24) is 4.90 Å². The molecule has 0 radical (unpaired) electrons. The Morgan fingerprint density at radius 3 is 0.629 bits per heavy atom. The molecule has 0 N–H and O–H groups in total. The van der Waals surface area contributed by atoms with E-state index in [1.54, 1.807) is 0 Å². The third kappa shape index (κ3) is 51.4. The highest BCUT2D eigenvalue weighted by Crippen LogP contribution is 2.30. The van der Waals surface area contributed by atoms with Crippen LogP contribution in [0, 0.1) is 22.7 Å². The monoisotopic (exact) mass is 1230 g/mol. The molecule has 89 heavy (non-hydrogen) atoms. The molecule has 0 saturated carbocycles. The Hall–Kier alpha value is -3.84. The molecule has 0 atom stereocenters. The van der Waals surface area contributed by atoms with Gasteiger partial charge in [0.15, 0.2) is 0 Å². The van der Waals surface area contributed by atoms with Gasteiger partial charge < -0.3 is 23.8 Å². The summed E-state index contributed by atoms with van der Waals surface area (Å²) in [5.41, 5.74) is 2.29. The number of benzene rings is 2. The van der Waals surface area contributed by atoms with Crippen LogP contribution in [0.1, 0.15) is 398 Å². The number of nitriles is 2. The molecule has 7 heteroatoms. The maximum atomic E-state index is 10.6. The molecule has 2 aromatic carbocycles. The largest absolute Gasteiger partial charge is 0.493 e. The van der Waals surface area contributed by atoms with Crippen molar-refractivity contribution in [3.8, 4) is 35.1 Å². The topological polar surface area (TPSA) is 87.7 Å². The fourth-order valence-electron chi connectivity index (χ4n) is 12.6. The van der Waals surface area contributed by atoms with Crippen molar-refractivity contribution in [1.29, 1.82) is 10.5 Å². The number of hydrogen-bond donors (Lipinski definition) is 0. The van der Waals surface area contributed by atoms with Gasteiger partial charge >= 0.3 is 0 Å². The molecule has 0 aromatic heterocycles. The van der Waals surface area contributed by atoms with Crippen molar-refractivity contribution in [2.24, 2.45) is 0 Å². The van der Waals surface area contributed by atoms with E-state index in [-0.39, 0.29) is 0 Å². The molecule has 0 bridgehead atoms. The SMILES string of the molecule is CCCCCCCCCCCCCCCCOc1cc(CN(Cc2cc(OCCCCCCCCCCCCCCCC)cc(OCCCCCCCCCCCCCCCC)c2)/C(C#N)=C/C#N)cc(OCCCCCCCCCCCCCCCC)c1. The maximum absolute atomic E-state index is 10.6. The molecule has 2 rings (SSSR count). The van der Waals surface area contributed by atoms with Crippen LogP contribution in [0.25, 0.3) is 0 Å². The van der Waals surface area contributed by atoms with Gasteiger partial charge in [0, 0.05) is 25.2 Å². The third-order valence-corrected chi connectivity index (χ3v) is 18.3. The summed E-state index contributed by atoms with van der Waals surface area (Å²) in [7, 11) is 0. The van der Waals surface area contributed by atoms with Crippen LogP contribution in [-0.4, -0.2) is 31.3 Å². The lowest BCUT2D eigenvalue weighted by molar-refractivity contribution is 0.285. The van der Waals surface area contributed by atoms with Crippen LogP contribution in [0.5, 0.6) is 23.0 Å². The molecule has 7 nitrogen and oxygen atoms in total. The Morgan fingerprint density at radius 2 is 0.461 bits per heavy atom. The zero-order valence-electron chi connectivity index (χ0n) is 59.4. The molecule has 0 amide bonds. The van der Waals surface area contributed by atoms with E-state index >= 15 is 0 Å². The van der Waals surface area contributed by atoms with E-state index in [2.05, 4.69) is 76.2 Å². The van der Waals surface area contributed by atoms with Crippen LogP contribution >= 0.6 is 0 Å². The van der Waals surface area contributed by atoms with Gasteiger partial charge in [-0.2, -0.15) is 10.5 Å².